The number of aromatic hydroxyl groups is 3. The summed E-state index contributed by atoms with van der Waals surface area (Å²) in [5, 5.41) is 30.5. The molecule has 160 valence electrons. The van der Waals surface area contributed by atoms with E-state index in [4.69, 9.17) is 0 Å². The highest BCUT2D eigenvalue weighted by atomic mass is 16.3. The maximum atomic E-state index is 11.2. The van der Waals surface area contributed by atoms with Crippen LogP contribution < -0.4 is 0 Å². The van der Waals surface area contributed by atoms with E-state index in [-0.39, 0.29) is 28.4 Å². The Morgan fingerprint density at radius 1 is 0.710 bits per heavy atom. The Bertz CT molecular complexity index is 1020. The van der Waals surface area contributed by atoms with Crippen molar-refractivity contribution in [3.63, 3.8) is 0 Å². The number of rotatable bonds is 9. The molecule has 0 saturated heterocycles. The van der Waals surface area contributed by atoms with Crippen molar-refractivity contribution in [3.05, 3.63) is 87.5 Å². The van der Waals surface area contributed by atoms with Crippen LogP contribution in [0.5, 0.6) is 17.2 Å². The molecule has 0 aromatic heterocycles. The predicted octanol–water partition coefficient (Wildman–Crippen LogP) is 4.95. The van der Waals surface area contributed by atoms with Gasteiger partial charge in [-0.25, -0.2) is 0 Å². The van der Waals surface area contributed by atoms with Gasteiger partial charge in [0.25, 0.3) is 0 Å². The molecular formula is C26H26O5. The van der Waals surface area contributed by atoms with Gasteiger partial charge in [-0.3, -0.25) is 9.59 Å². The van der Waals surface area contributed by atoms with E-state index >= 15 is 0 Å². The van der Waals surface area contributed by atoms with E-state index in [9.17, 15) is 24.9 Å². The van der Waals surface area contributed by atoms with Crippen LogP contribution in [-0.2, 0) is 19.3 Å². The van der Waals surface area contributed by atoms with Crippen LogP contribution in [0.15, 0.2) is 48.5 Å². The third-order valence-electron chi connectivity index (χ3n) is 5.37. The highest BCUT2D eigenvalue weighted by Crippen LogP contribution is 2.31. The Labute approximate surface area is 181 Å². The molecule has 0 unspecified atom stereocenters. The monoisotopic (exact) mass is 418 g/mol. The lowest BCUT2D eigenvalue weighted by Gasteiger charge is -2.14. The smallest absolute Gasteiger partial charge is 0.153 e. The molecular weight excluding hydrogens is 392 g/mol. The molecule has 3 aromatic rings. The molecule has 0 heterocycles. The first-order valence-electron chi connectivity index (χ1n) is 10.3. The fourth-order valence-electron chi connectivity index (χ4n) is 3.68. The summed E-state index contributed by atoms with van der Waals surface area (Å²) in [5.41, 5.74) is 4.62. The molecule has 0 radical (unpaired) electrons. The second-order valence-electron chi connectivity index (χ2n) is 7.74. The number of carbonyl (C=O) groups excluding carboxylic acids is 2. The van der Waals surface area contributed by atoms with Crippen molar-refractivity contribution in [1.82, 2.24) is 0 Å². The van der Waals surface area contributed by atoms with Crippen molar-refractivity contribution in [3.8, 4) is 17.2 Å². The second-order valence-corrected chi connectivity index (χ2v) is 7.74. The molecule has 0 aliphatic carbocycles. The lowest BCUT2D eigenvalue weighted by molar-refractivity contribution is 0.111. The molecule has 3 rings (SSSR count). The Hall–Kier alpha value is -3.60. The maximum absolute atomic E-state index is 11.2. The molecule has 3 N–H and O–H groups in total. The number of hydrogen-bond donors (Lipinski definition) is 3. The summed E-state index contributed by atoms with van der Waals surface area (Å²) in [7, 11) is 0. The van der Waals surface area contributed by atoms with Gasteiger partial charge >= 0.3 is 0 Å². The molecule has 31 heavy (non-hydrogen) atoms. The van der Waals surface area contributed by atoms with Gasteiger partial charge in [0.2, 0.25) is 0 Å². The summed E-state index contributed by atoms with van der Waals surface area (Å²) < 4.78 is 0. The number of benzene rings is 3. The van der Waals surface area contributed by atoms with Crippen LogP contribution in [0, 0.1) is 0 Å². The molecule has 0 bridgehead atoms. The number of unbranched alkanes of at least 4 members (excludes halogenated alkanes) is 1. The van der Waals surface area contributed by atoms with Gasteiger partial charge in [0.15, 0.2) is 12.6 Å². The molecule has 5 heteroatoms. The van der Waals surface area contributed by atoms with Crippen molar-refractivity contribution in [2.24, 2.45) is 0 Å². The van der Waals surface area contributed by atoms with Crippen LogP contribution in [0.25, 0.3) is 0 Å². The van der Waals surface area contributed by atoms with Crippen LogP contribution in [0.4, 0.5) is 0 Å². The van der Waals surface area contributed by atoms with E-state index in [1.54, 1.807) is 24.3 Å². The minimum atomic E-state index is -0.0707. The summed E-state index contributed by atoms with van der Waals surface area (Å²) in [6.07, 6.45) is 4.99. The molecule has 0 spiro atoms. The zero-order valence-electron chi connectivity index (χ0n) is 17.5. The third kappa shape index (κ3) is 5.31. The molecule has 0 fully saturated rings. The number of aldehydes is 2. The number of phenols is 3. The zero-order valence-corrected chi connectivity index (χ0v) is 17.5. The molecule has 3 aromatic carbocycles. The molecule has 0 atom stereocenters. The quantitative estimate of drug-likeness (QED) is 0.427. The molecule has 0 aliphatic heterocycles. The Morgan fingerprint density at radius 2 is 1.19 bits per heavy atom. The first-order valence-corrected chi connectivity index (χ1v) is 10.3. The number of carbonyl (C=O) groups is 2. The van der Waals surface area contributed by atoms with Crippen molar-refractivity contribution < 1.29 is 24.9 Å². The average Bonchev–Trinajstić information content (AvgIpc) is 2.77. The van der Waals surface area contributed by atoms with E-state index < -0.39 is 0 Å². The summed E-state index contributed by atoms with van der Waals surface area (Å²) in [5.74, 6) is 0.0269. The van der Waals surface area contributed by atoms with Crippen LogP contribution in [-0.4, -0.2) is 27.9 Å². The van der Waals surface area contributed by atoms with Crippen LogP contribution in [0.2, 0.25) is 0 Å². The van der Waals surface area contributed by atoms with Gasteiger partial charge in [-0.1, -0.05) is 37.6 Å². The molecule has 0 aliphatic rings. The normalized spacial score (nSPS) is 10.7. The number of aryl methyl sites for hydroxylation is 1. The minimum absolute atomic E-state index is 0.0707. The van der Waals surface area contributed by atoms with Gasteiger partial charge < -0.3 is 15.3 Å². The highest BCUT2D eigenvalue weighted by Gasteiger charge is 2.13. The summed E-state index contributed by atoms with van der Waals surface area (Å²) >= 11 is 0. The van der Waals surface area contributed by atoms with Gasteiger partial charge in [0.05, 0.1) is 11.1 Å². The maximum Gasteiger partial charge on any atom is 0.153 e. The van der Waals surface area contributed by atoms with E-state index in [1.165, 1.54) is 12.1 Å². The van der Waals surface area contributed by atoms with Crippen LogP contribution in [0.1, 0.15) is 68.3 Å². The fraction of sp³-hybridized carbons (Fsp3) is 0.231. The topological polar surface area (TPSA) is 94.8 Å². The van der Waals surface area contributed by atoms with Gasteiger partial charge in [-0.05, 0) is 64.9 Å². The third-order valence-corrected chi connectivity index (χ3v) is 5.37. The zero-order chi connectivity index (χ0) is 22.4. The summed E-state index contributed by atoms with van der Waals surface area (Å²) in [4.78, 5) is 22.3. The fourth-order valence-corrected chi connectivity index (χ4v) is 3.68. The minimum Gasteiger partial charge on any atom is -0.507 e. The Morgan fingerprint density at radius 3 is 1.61 bits per heavy atom. The lowest BCUT2D eigenvalue weighted by Crippen LogP contribution is -1.99. The van der Waals surface area contributed by atoms with Crippen LogP contribution in [0.3, 0.4) is 0 Å². The van der Waals surface area contributed by atoms with Gasteiger partial charge in [-0.15, -0.1) is 0 Å². The van der Waals surface area contributed by atoms with E-state index in [0.29, 0.717) is 25.4 Å². The highest BCUT2D eigenvalue weighted by molar-refractivity contribution is 5.80. The van der Waals surface area contributed by atoms with Crippen molar-refractivity contribution in [2.75, 3.05) is 0 Å². The lowest BCUT2D eigenvalue weighted by atomic mass is 9.92. The van der Waals surface area contributed by atoms with Gasteiger partial charge in [0, 0.05) is 12.8 Å². The first-order chi connectivity index (χ1) is 14.9. The second kappa shape index (κ2) is 9.94. The predicted molar refractivity (Wildman–Crippen MR) is 119 cm³/mol. The van der Waals surface area contributed by atoms with E-state index in [0.717, 1.165) is 47.1 Å². The van der Waals surface area contributed by atoms with E-state index in [2.05, 4.69) is 6.92 Å². The van der Waals surface area contributed by atoms with Crippen LogP contribution >= 0.6 is 0 Å². The molecule has 0 amide bonds. The van der Waals surface area contributed by atoms with Crippen molar-refractivity contribution in [1.29, 1.82) is 0 Å². The number of phenolic OH excluding ortho intramolecular Hbond substituents is 3. The van der Waals surface area contributed by atoms with Crippen molar-refractivity contribution >= 4 is 12.6 Å². The van der Waals surface area contributed by atoms with E-state index in [1.807, 2.05) is 12.1 Å². The first kappa shape index (κ1) is 22.1. The van der Waals surface area contributed by atoms with Gasteiger partial charge in [0.1, 0.15) is 17.2 Å². The number of hydrogen-bond acceptors (Lipinski definition) is 5. The summed E-state index contributed by atoms with van der Waals surface area (Å²) in [6, 6.07) is 13.6. The molecule has 0 saturated carbocycles. The Kier molecular flexibility index (Phi) is 7.08. The average molecular weight is 418 g/mol. The summed E-state index contributed by atoms with van der Waals surface area (Å²) in [6.45, 7) is 2.12. The van der Waals surface area contributed by atoms with Crippen molar-refractivity contribution in [2.45, 2.75) is 39.0 Å². The Balaban J connectivity index is 1.99. The SMILES string of the molecule is CCCCc1cc(Cc2ccc(O)c(C=O)c2)c(O)c(Cc2ccc(O)c(C=O)c2)c1. The largest absolute Gasteiger partial charge is 0.507 e. The molecule has 5 nitrogen and oxygen atoms in total. The van der Waals surface area contributed by atoms with Gasteiger partial charge in [-0.2, -0.15) is 0 Å². The standard InChI is InChI=1S/C26H26O5/c1-2-3-4-17-9-20(11-18-5-7-24(29)22(13-18)15-27)26(31)21(10-17)12-19-6-8-25(30)23(14-19)16-28/h5-10,13-16,29-31H,2-4,11-12H2,1H3.